The second kappa shape index (κ2) is 7.23. The zero-order chi connectivity index (χ0) is 18.8. The van der Waals surface area contributed by atoms with Gasteiger partial charge in [0.05, 0.1) is 12.0 Å². The molecule has 0 aliphatic carbocycles. The number of rotatable bonds is 3. The molecule has 0 N–H and O–H groups in total. The van der Waals surface area contributed by atoms with Crippen molar-refractivity contribution in [1.82, 2.24) is 19.4 Å². The third-order valence-corrected chi connectivity index (χ3v) is 5.13. The standard InChI is InChI=1S/C21H22N4O2/c1-23-15-18(17-6-2-3-7-19(17)23)21(27)25-11-9-24(10-12-25)20(26)13-16-5-4-8-22-14-16/h2-8,14-15H,9-13H2,1H3. The van der Waals surface area contributed by atoms with Crippen molar-refractivity contribution in [3.8, 4) is 0 Å². The van der Waals surface area contributed by atoms with Crippen molar-refractivity contribution in [2.24, 2.45) is 7.05 Å². The number of aryl methyl sites for hydroxylation is 1. The van der Waals surface area contributed by atoms with Crippen molar-refractivity contribution in [2.45, 2.75) is 6.42 Å². The molecule has 0 bridgehead atoms. The minimum absolute atomic E-state index is 0.0335. The molecule has 0 radical (unpaired) electrons. The molecule has 2 amide bonds. The number of benzene rings is 1. The summed E-state index contributed by atoms with van der Waals surface area (Å²) in [7, 11) is 1.95. The first-order valence-corrected chi connectivity index (χ1v) is 9.13. The van der Waals surface area contributed by atoms with E-state index in [1.165, 1.54) is 0 Å². The first-order chi connectivity index (χ1) is 13.1. The van der Waals surface area contributed by atoms with Gasteiger partial charge in [0.1, 0.15) is 0 Å². The average molecular weight is 362 g/mol. The summed E-state index contributed by atoms with van der Waals surface area (Å²) in [6, 6.07) is 11.7. The first kappa shape index (κ1) is 17.3. The number of para-hydroxylation sites is 1. The van der Waals surface area contributed by atoms with E-state index in [-0.39, 0.29) is 11.8 Å². The smallest absolute Gasteiger partial charge is 0.256 e. The van der Waals surface area contributed by atoms with Crippen molar-refractivity contribution < 1.29 is 9.59 Å². The topological polar surface area (TPSA) is 58.4 Å². The van der Waals surface area contributed by atoms with Gasteiger partial charge >= 0.3 is 0 Å². The number of fused-ring (bicyclic) bond motifs is 1. The molecule has 138 valence electrons. The Kier molecular flexibility index (Phi) is 4.62. The Morgan fingerprint density at radius 2 is 1.74 bits per heavy atom. The second-order valence-corrected chi connectivity index (χ2v) is 6.88. The third-order valence-electron chi connectivity index (χ3n) is 5.13. The summed E-state index contributed by atoms with van der Waals surface area (Å²) in [5, 5.41) is 0.972. The van der Waals surface area contributed by atoms with E-state index in [4.69, 9.17) is 0 Å². The van der Waals surface area contributed by atoms with E-state index >= 15 is 0 Å². The number of hydrogen-bond donors (Lipinski definition) is 0. The molecule has 1 fully saturated rings. The Bertz CT molecular complexity index is 972. The van der Waals surface area contributed by atoms with Crippen LogP contribution in [0.5, 0.6) is 0 Å². The average Bonchev–Trinajstić information content (AvgIpc) is 3.05. The zero-order valence-electron chi connectivity index (χ0n) is 15.3. The molecular weight excluding hydrogens is 340 g/mol. The van der Waals surface area contributed by atoms with Crippen molar-refractivity contribution >= 4 is 22.7 Å². The lowest BCUT2D eigenvalue weighted by Gasteiger charge is -2.34. The van der Waals surface area contributed by atoms with Crippen molar-refractivity contribution in [3.05, 3.63) is 66.1 Å². The van der Waals surface area contributed by atoms with Gasteiger partial charge in [-0.05, 0) is 17.7 Å². The maximum atomic E-state index is 13.0. The van der Waals surface area contributed by atoms with Crippen LogP contribution in [0.1, 0.15) is 15.9 Å². The molecule has 6 heteroatoms. The molecule has 4 rings (SSSR count). The third kappa shape index (κ3) is 3.43. The molecule has 1 aliphatic heterocycles. The van der Waals surface area contributed by atoms with E-state index in [2.05, 4.69) is 4.98 Å². The molecule has 0 unspecified atom stereocenters. The molecule has 1 aliphatic rings. The summed E-state index contributed by atoms with van der Waals surface area (Å²) < 4.78 is 1.98. The van der Waals surface area contributed by atoms with Crippen LogP contribution in [0.4, 0.5) is 0 Å². The van der Waals surface area contributed by atoms with Gasteiger partial charge in [0, 0.05) is 62.7 Å². The molecule has 3 aromatic rings. The number of hydrogen-bond acceptors (Lipinski definition) is 3. The van der Waals surface area contributed by atoms with Crippen LogP contribution in [0.15, 0.2) is 55.0 Å². The van der Waals surface area contributed by atoms with Crippen LogP contribution < -0.4 is 0 Å². The van der Waals surface area contributed by atoms with Gasteiger partial charge in [-0.15, -0.1) is 0 Å². The van der Waals surface area contributed by atoms with Crippen LogP contribution in [-0.4, -0.2) is 57.3 Å². The number of nitrogens with zero attached hydrogens (tertiary/aromatic N) is 4. The van der Waals surface area contributed by atoms with E-state index in [1.807, 2.05) is 64.0 Å². The van der Waals surface area contributed by atoms with Crippen LogP contribution in [0.3, 0.4) is 0 Å². The molecular formula is C21H22N4O2. The number of piperazine rings is 1. The van der Waals surface area contributed by atoms with Crippen molar-refractivity contribution in [2.75, 3.05) is 26.2 Å². The predicted octanol–water partition coefficient (Wildman–Crippen LogP) is 2.10. The van der Waals surface area contributed by atoms with Crippen molar-refractivity contribution in [3.63, 3.8) is 0 Å². The number of carbonyl (C=O) groups excluding carboxylic acids is 2. The highest BCUT2D eigenvalue weighted by atomic mass is 16.2. The van der Waals surface area contributed by atoms with Crippen LogP contribution in [0, 0.1) is 0 Å². The normalized spacial score (nSPS) is 14.6. The summed E-state index contributed by atoms with van der Waals surface area (Å²) in [6.45, 7) is 2.24. The maximum absolute atomic E-state index is 13.0. The van der Waals surface area contributed by atoms with Crippen molar-refractivity contribution in [1.29, 1.82) is 0 Å². The number of aromatic nitrogens is 2. The van der Waals surface area contributed by atoms with Gasteiger partial charge in [0.25, 0.3) is 5.91 Å². The maximum Gasteiger partial charge on any atom is 0.256 e. The Morgan fingerprint density at radius 3 is 2.48 bits per heavy atom. The van der Waals surface area contributed by atoms with Gasteiger partial charge in [0.15, 0.2) is 0 Å². The summed E-state index contributed by atoms with van der Waals surface area (Å²) in [4.78, 5) is 33.2. The minimum Gasteiger partial charge on any atom is -0.350 e. The summed E-state index contributed by atoms with van der Waals surface area (Å²) in [5.41, 5.74) is 2.69. The number of pyridine rings is 1. The molecule has 1 aromatic carbocycles. The lowest BCUT2D eigenvalue weighted by Crippen LogP contribution is -2.51. The van der Waals surface area contributed by atoms with E-state index in [0.717, 1.165) is 22.0 Å². The molecule has 0 atom stereocenters. The number of carbonyl (C=O) groups is 2. The molecule has 3 heterocycles. The number of amides is 2. The summed E-state index contributed by atoms with van der Waals surface area (Å²) in [5.74, 6) is 0.117. The van der Waals surface area contributed by atoms with Crippen LogP contribution in [-0.2, 0) is 18.3 Å². The van der Waals surface area contributed by atoms with Gasteiger partial charge in [-0.25, -0.2) is 0 Å². The van der Waals surface area contributed by atoms with Gasteiger partial charge in [-0.2, -0.15) is 0 Å². The van der Waals surface area contributed by atoms with Crippen LogP contribution >= 0.6 is 0 Å². The molecule has 1 saturated heterocycles. The van der Waals surface area contributed by atoms with Crippen LogP contribution in [0.2, 0.25) is 0 Å². The molecule has 27 heavy (non-hydrogen) atoms. The molecule has 2 aromatic heterocycles. The minimum atomic E-state index is 0.0335. The van der Waals surface area contributed by atoms with E-state index in [1.54, 1.807) is 12.4 Å². The summed E-state index contributed by atoms with van der Waals surface area (Å²) >= 11 is 0. The quantitative estimate of drug-likeness (QED) is 0.717. The second-order valence-electron chi connectivity index (χ2n) is 6.88. The van der Waals surface area contributed by atoms with Gasteiger partial charge < -0.3 is 14.4 Å². The molecule has 6 nitrogen and oxygen atoms in total. The first-order valence-electron chi connectivity index (χ1n) is 9.13. The highest BCUT2D eigenvalue weighted by Crippen LogP contribution is 2.22. The zero-order valence-corrected chi connectivity index (χ0v) is 15.3. The SMILES string of the molecule is Cn1cc(C(=O)N2CCN(C(=O)Cc3cccnc3)CC2)c2ccccc21. The Morgan fingerprint density at radius 1 is 1.00 bits per heavy atom. The highest BCUT2D eigenvalue weighted by Gasteiger charge is 2.26. The predicted molar refractivity (Wildman–Crippen MR) is 103 cm³/mol. The van der Waals surface area contributed by atoms with E-state index in [0.29, 0.717) is 32.6 Å². The Hall–Kier alpha value is -3.15. The summed E-state index contributed by atoms with van der Waals surface area (Å²) in [6.07, 6.45) is 5.67. The molecule has 0 saturated carbocycles. The fraction of sp³-hybridized carbons (Fsp3) is 0.286. The fourth-order valence-corrected chi connectivity index (χ4v) is 3.63. The lowest BCUT2D eigenvalue weighted by atomic mass is 10.1. The Balaban J connectivity index is 1.41. The fourth-order valence-electron chi connectivity index (χ4n) is 3.63. The van der Waals surface area contributed by atoms with Crippen LogP contribution in [0.25, 0.3) is 10.9 Å². The Labute approximate surface area is 158 Å². The molecule has 0 spiro atoms. The monoisotopic (exact) mass is 362 g/mol. The largest absolute Gasteiger partial charge is 0.350 e. The van der Waals surface area contributed by atoms with E-state index in [9.17, 15) is 9.59 Å². The van der Waals surface area contributed by atoms with E-state index < -0.39 is 0 Å². The lowest BCUT2D eigenvalue weighted by molar-refractivity contribution is -0.131. The van der Waals surface area contributed by atoms with Gasteiger partial charge in [0.2, 0.25) is 5.91 Å². The van der Waals surface area contributed by atoms with Gasteiger partial charge in [-0.3, -0.25) is 14.6 Å². The highest BCUT2D eigenvalue weighted by molar-refractivity contribution is 6.07. The van der Waals surface area contributed by atoms with Gasteiger partial charge in [-0.1, -0.05) is 24.3 Å².